The molecule has 1 saturated heterocycles. The van der Waals surface area contributed by atoms with Crippen molar-refractivity contribution < 1.29 is 14.3 Å². The van der Waals surface area contributed by atoms with E-state index in [1.165, 1.54) is 0 Å². The van der Waals surface area contributed by atoms with E-state index in [0.29, 0.717) is 17.4 Å². The fourth-order valence-electron chi connectivity index (χ4n) is 5.42. The van der Waals surface area contributed by atoms with Crippen LogP contribution in [0, 0.1) is 11.8 Å². The summed E-state index contributed by atoms with van der Waals surface area (Å²) < 4.78 is 11.6. The van der Waals surface area contributed by atoms with Crippen LogP contribution in [0.3, 0.4) is 0 Å². The van der Waals surface area contributed by atoms with Crippen molar-refractivity contribution in [2.24, 2.45) is 11.8 Å². The van der Waals surface area contributed by atoms with Crippen molar-refractivity contribution >= 4 is 0 Å². The molecule has 2 aromatic rings. The monoisotopic (exact) mass is 394 g/mol. The van der Waals surface area contributed by atoms with Crippen molar-refractivity contribution in [3.05, 3.63) is 63.2 Å². The Morgan fingerprint density at radius 2 is 1.90 bits per heavy atom. The minimum absolute atomic E-state index is 0.0670. The van der Waals surface area contributed by atoms with Gasteiger partial charge in [0.05, 0.1) is 5.56 Å². The zero-order valence-corrected chi connectivity index (χ0v) is 16.9. The Morgan fingerprint density at radius 3 is 2.62 bits per heavy atom. The predicted molar refractivity (Wildman–Crippen MR) is 111 cm³/mol. The van der Waals surface area contributed by atoms with Crippen molar-refractivity contribution in [2.45, 2.75) is 63.2 Å². The van der Waals surface area contributed by atoms with Gasteiger partial charge in [0.25, 0.3) is 0 Å². The highest BCUT2D eigenvalue weighted by molar-refractivity contribution is 5.47. The Bertz CT molecular complexity index is 906. The molecule has 0 amide bonds. The van der Waals surface area contributed by atoms with E-state index in [4.69, 9.17) is 9.15 Å². The molecule has 0 spiro atoms. The van der Waals surface area contributed by atoms with Gasteiger partial charge in [-0.25, -0.2) is 4.79 Å². The minimum Gasteiger partial charge on any atom is -0.507 e. The zero-order chi connectivity index (χ0) is 19.8. The van der Waals surface area contributed by atoms with Gasteiger partial charge in [0.1, 0.15) is 11.5 Å². The topological polar surface area (TPSA) is 59.7 Å². The lowest BCUT2D eigenvalue weighted by molar-refractivity contribution is 0.181. The summed E-state index contributed by atoms with van der Waals surface area (Å²) in [5, 5.41) is 11.3. The molecular formula is C25H30O4. The molecule has 1 aromatic heterocycles. The summed E-state index contributed by atoms with van der Waals surface area (Å²) in [6.45, 7) is 1.64. The molecule has 0 radical (unpaired) electrons. The van der Waals surface area contributed by atoms with Gasteiger partial charge in [0.15, 0.2) is 0 Å². The standard InChI is InChI=1S/C25H30O4/c26-23-20-9-5-4-8-19(14-16-12-13-28-15-16)24(20)29-25(27)22(23)21(18-10-11-18)17-6-2-1-3-7-17/h1-3,6-7,16,18-19,21,26H,4-5,8-15H2. The quantitative estimate of drug-likeness (QED) is 0.715. The van der Waals surface area contributed by atoms with E-state index in [-0.39, 0.29) is 23.2 Å². The predicted octanol–water partition coefficient (Wildman–Crippen LogP) is 5.12. The number of rotatable bonds is 5. The van der Waals surface area contributed by atoms with Gasteiger partial charge in [-0.1, -0.05) is 36.8 Å². The maximum absolute atomic E-state index is 13.2. The van der Waals surface area contributed by atoms with Crippen LogP contribution in [0.2, 0.25) is 0 Å². The molecule has 0 bridgehead atoms. The van der Waals surface area contributed by atoms with Gasteiger partial charge in [0, 0.05) is 30.6 Å². The first kappa shape index (κ1) is 18.9. The van der Waals surface area contributed by atoms with Crippen LogP contribution in [0.1, 0.15) is 79.2 Å². The van der Waals surface area contributed by atoms with E-state index in [1.54, 1.807) is 0 Å². The summed E-state index contributed by atoms with van der Waals surface area (Å²) in [6, 6.07) is 10.1. The van der Waals surface area contributed by atoms with Crippen LogP contribution in [0.5, 0.6) is 5.75 Å². The second-order valence-electron chi connectivity index (χ2n) is 9.13. The number of benzene rings is 1. The largest absolute Gasteiger partial charge is 0.507 e. The van der Waals surface area contributed by atoms with Gasteiger partial charge in [-0.2, -0.15) is 0 Å². The average molecular weight is 395 g/mol. The molecule has 2 aliphatic carbocycles. The third kappa shape index (κ3) is 3.75. The number of hydrogen-bond donors (Lipinski definition) is 1. The van der Waals surface area contributed by atoms with Gasteiger partial charge in [-0.3, -0.25) is 0 Å². The smallest absolute Gasteiger partial charge is 0.343 e. The molecule has 1 N–H and O–H groups in total. The van der Waals surface area contributed by atoms with E-state index >= 15 is 0 Å². The maximum atomic E-state index is 13.2. The fourth-order valence-corrected chi connectivity index (χ4v) is 5.42. The summed E-state index contributed by atoms with van der Waals surface area (Å²) in [6.07, 6.45) is 8.22. The second kappa shape index (κ2) is 7.98. The number of aromatic hydroxyl groups is 1. The van der Waals surface area contributed by atoms with Gasteiger partial charge in [-0.15, -0.1) is 0 Å². The lowest BCUT2D eigenvalue weighted by Crippen LogP contribution is -2.19. The van der Waals surface area contributed by atoms with Crippen LogP contribution >= 0.6 is 0 Å². The molecule has 2 fully saturated rings. The second-order valence-corrected chi connectivity index (χ2v) is 9.13. The third-order valence-electron chi connectivity index (χ3n) is 7.07. The Kier molecular flexibility index (Phi) is 5.21. The molecular weight excluding hydrogens is 364 g/mol. The Labute approximate surface area is 171 Å². The van der Waals surface area contributed by atoms with Crippen molar-refractivity contribution in [1.82, 2.24) is 0 Å². The summed E-state index contributed by atoms with van der Waals surface area (Å²) in [5.74, 6) is 2.06. The van der Waals surface area contributed by atoms with E-state index in [0.717, 1.165) is 81.5 Å². The molecule has 3 unspecified atom stereocenters. The highest BCUT2D eigenvalue weighted by Crippen LogP contribution is 2.49. The normalized spacial score (nSPS) is 25.4. The highest BCUT2D eigenvalue weighted by atomic mass is 16.5. The van der Waals surface area contributed by atoms with Gasteiger partial charge < -0.3 is 14.3 Å². The van der Waals surface area contributed by atoms with E-state index in [1.807, 2.05) is 18.2 Å². The Hall–Kier alpha value is -2.07. The van der Waals surface area contributed by atoms with Crippen molar-refractivity contribution in [3.8, 4) is 5.75 Å². The van der Waals surface area contributed by atoms with Gasteiger partial charge in [-0.05, 0) is 62.3 Å². The summed E-state index contributed by atoms with van der Waals surface area (Å²) in [7, 11) is 0. The Balaban J connectivity index is 1.56. The zero-order valence-electron chi connectivity index (χ0n) is 16.9. The van der Waals surface area contributed by atoms with Crippen LogP contribution in [0.4, 0.5) is 0 Å². The minimum atomic E-state index is -0.337. The average Bonchev–Trinajstić information content (AvgIpc) is 3.47. The molecule has 5 rings (SSSR count). The van der Waals surface area contributed by atoms with E-state index in [2.05, 4.69) is 12.1 Å². The van der Waals surface area contributed by atoms with E-state index in [9.17, 15) is 9.90 Å². The first-order valence-corrected chi connectivity index (χ1v) is 11.2. The van der Waals surface area contributed by atoms with E-state index < -0.39 is 0 Å². The van der Waals surface area contributed by atoms with Crippen molar-refractivity contribution in [3.63, 3.8) is 0 Å². The molecule has 4 heteroatoms. The molecule has 2 heterocycles. The molecule has 4 nitrogen and oxygen atoms in total. The molecule has 3 aliphatic rings. The van der Waals surface area contributed by atoms with Crippen LogP contribution in [-0.4, -0.2) is 18.3 Å². The molecule has 1 saturated carbocycles. The van der Waals surface area contributed by atoms with Crippen LogP contribution in [0.15, 0.2) is 39.5 Å². The summed E-state index contributed by atoms with van der Waals surface area (Å²) >= 11 is 0. The highest BCUT2D eigenvalue weighted by Gasteiger charge is 2.39. The van der Waals surface area contributed by atoms with Gasteiger partial charge in [0.2, 0.25) is 0 Å². The molecule has 3 atom stereocenters. The number of hydrogen-bond acceptors (Lipinski definition) is 4. The van der Waals surface area contributed by atoms with Crippen LogP contribution in [0.25, 0.3) is 0 Å². The molecule has 1 aromatic carbocycles. The van der Waals surface area contributed by atoms with Gasteiger partial charge >= 0.3 is 5.63 Å². The lowest BCUT2D eigenvalue weighted by Gasteiger charge is -2.23. The van der Waals surface area contributed by atoms with Crippen molar-refractivity contribution in [2.75, 3.05) is 13.2 Å². The molecule has 154 valence electrons. The van der Waals surface area contributed by atoms with Crippen LogP contribution < -0.4 is 5.63 Å². The number of ether oxygens (including phenoxy) is 1. The summed E-state index contributed by atoms with van der Waals surface area (Å²) in [5.41, 5.74) is 2.15. The maximum Gasteiger partial charge on any atom is 0.343 e. The molecule has 29 heavy (non-hydrogen) atoms. The SMILES string of the molecule is O=c1oc2c(c(O)c1C(c1ccccc1)C1CC1)CCCCC2CC1CCOC1. The third-order valence-corrected chi connectivity index (χ3v) is 7.07. The summed E-state index contributed by atoms with van der Waals surface area (Å²) in [4.78, 5) is 13.2. The fraction of sp³-hybridized carbons (Fsp3) is 0.560. The lowest BCUT2D eigenvalue weighted by atomic mass is 9.84. The van der Waals surface area contributed by atoms with Crippen LogP contribution in [-0.2, 0) is 11.2 Å². The Morgan fingerprint density at radius 1 is 1.07 bits per heavy atom. The number of fused-ring (bicyclic) bond motifs is 1. The first-order chi connectivity index (χ1) is 14.2. The first-order valence-electron chi connectivity index (χ1n) is 11.2. The van der Waals surface area contributed by atoms with Crippen molar-refractivity contribution in [1.29, 1.82) is 0 Å². The molecule has 1 aliphatic heterocycles.